The Morgan fingerprint density at radius 3 is 2.88 bits per heavy atom. The van der Waals surface area contributed by atoms with Crippen molar-refractivity contribution in [2.75, 3.05) is 31.3 Å². The Bertz CT molecular complexity index is 918. The van der Waals surface area contributed by atoms with E-state index in [1.807, 2.05) is 28.9 Å². The fourth-order valence-corrected chi connectivity index (χ4v) is 3.57. The number of aliphatic hydroxyl groups is 1. The lowest BCUT2D eigenvalue weighted by Crippen LogP contribution is -2.50. The first-order chi connectivity index (χ1) is 12.8. The van der Waals surface area contributed by atoms with Crippen molar-refractivity contribution < 1.29 is 9.84 Å². The summed E-state index contributed by atoms with van der Waals surface area (Å²) in [4.78, 5) is 2.16. The van der Waals surface area contributed by atoms with Gasteiger partial charge in [-0.15, -0.1) is 5.10 Å². The summed E-state index contributed by atoms with van der Waals surface area (Å²) >= 11 is 6.05. The number of allylic oxidation sites excluding steroid dienone is 2. The van der Waals surface area contributed by atoms with Gasteiger partial charge in [0, 0.05) is 16.8 Å². The monoisotopic (exact) mass is 371 g/mol. The van der Waals surface area contributed by atoms with Gasteiger partial charge < -0.3 is 14.7 Å². The van der Waals surface area contributed by atoms with Crippen LogP contribution in [0.2, 0.25) is 5.02 Å². The quantitative estimate of drug-likeness (QED) is 0.891. The average molecular weight is 372 g/mol. The highest BCUT2D eigenvalue weighted by Crippen LogP contribution is 2.16. The van der Waals surface area contributed by atoms with Gasteiger partial charge in [-0.25, -0.2) is 4.68 Å². The highest BCUT2D eigenvalue weighted by Gasteiger charge is 2.26. The summed E-state index contributed by atoms with van der Waals surface area (Å²) in [7, 11) is 0. The highest BCUT2D eigenvalue weighted by atomic mass is 35.5. The Kier molecular flexibility index (Phi) is 5.11. The van der Waals surface area contributed by atoms with E-state index < -0.39 is 0 Å². The zero-order chi connectivity index (χ0) is 17.9. The molecule has 26 heavy (non-hydrogen) atoms. The summed E-state index contributed by atoms with van der Waals surface area (Å²) in [6, 6.07) is 7.63. The normalized spacial score (nSPS) is 23.8. The second-order valence-electron chi connectivity index (χ2n) is 6.49. The maximum Gasteiger partial charge on any atom is 0.159 e. The van der Waals surface area contributed by atoms with E-state index in [9.17, 15) is 5.11 Å². The van der Waals surface area contributed by atoms with E-state index in [0.29, 0.717) is 24.8 Å². The van der Waals surface area contributed by atoms with Gasteiger partial charge in [0.05, 0.1) is 36.9 Å². The highest BCUT2D eigenvalue weighted by molar-refractivity contribution is 6.30. The lowest BCUT2D eigenvalue weighted by atomic mass is 10.2. The van der Waals surface area contributed by atoms with Crippen molar-refractivity contribution in [3.8, 4) is 5.69 Å². The molecule has 2 aromatic rings. The molecule has 2 aliphatic rings. The maximum absolute atomic E-state index is 9.78. The number of halogens is 1. The van der Waals surface area contributed by atoms with Crippen LogP contribution >= 0.6 is 11.6 Å². The van der Waals surface area contributed by atoms with Gasteiger partial charge >= 0.3 is 0 Å². The van der Waals surface area contributed by atoms with Crippen LogP contribution in [-0.4, -0.2) is 47.3 Å². The number of nitrogens with zero attached hydrogens (tertiary/aromatic N) is 3. The van der Waals surface area contributed by atoms with E-state index >= 15 is 0 Å². The van der Waals surface area contributed by atoms with Crippen molar-refractivity contribution in [3.63, 3.8) is 0 Å². The van der Waals surface area contributed by atoms with Crippen LogP contribution in [0.15, 0.2) is 36.4 Å². The van der Waals surface area contributed by atoms with Gasteiger partial charge in [0.25, 0.3) is 0 Å². The molecule has 1 aliphatic carbocycles. The Labute approximate surface area is 157 Å². The summed E-state index contributed by atoms with van der Waals surface area (Å²) < 4.78 is 7.51. The number of fused-ring (bicyclic) bond motifs is 1. The SMILES string of the molecule is OC[C@@H]1COCCN1c1nn(-c2ccc(Cl)cc2)c2/c1=C\C=C/CC\C=2. The fourth-order valence-electron chi connectivity index (χ4n) is 3.44. The number of benzene rings is 1. The topological polar surface area (TPSA) is 50.5 Å². The summed E-state index contributed by atoms with van der Waals surface area (Å²) in [6.07, 6.45) is 10.6. The maximum atomic E-state index is 9.78. The van der Waals surface area contributed by atoms with Crippen LogP contribution < -0.4 is 15.5 Å². The third-order valence-electron chi connectivity index (χ3n) is 4.79. The van der Waals surface area contributed by atoms with Gasteiger partial charge in [-0.2, -0.15) is 0 Å². The van der Waals surface area contributed by atoms with Gasteiger partial charge in [-0.05, 0) is 43.2 Å². The van der Waals surface area contributed by atoms with Crippen LogP contribution in [0.4, 0.5) is 5.82 Å². The minimum absolute atomic E-state index is 0.0438. The molecule has 2 heterocycles. The lowest BCUT2D eigenvalue weighted by molar-refractivity contribution is 0.0721. The first-order valence-electron chi connectivity index (χ1n) is 8.95. The molecule has 5 nitrogen and oxygen atoms in total. The van der Waals surface area contributed by atoms with Gasteiger partial charge in [-0.3, -0.25) is 0 Å². The smallest absolute Gasteiger partial charge is 0.159 e. The molecule has 136 valence electrons. The fraction of sp³-hybridized carbons (Fsp3) is 0.350. The van der Waals surface area contributed by atoms with Crippen molar-refractivity contribution in [3.05, 3.63) is 52.0 Å². The van der Waals surface area contributed by atoms with E-state index in [2.05, 4.69) is 29.2 Å². The zero-order valence-electron chi connectivity index (χ0n) is 14.5. The van der Waals surface area contributed by atoms with Gasteiger partial charge in [-0.1, -0.05) is 29.8 Å². The van der Waals surface area contributed by atoms with Crippen LogP contribution in [0, 0.1) is 0 Å². The number of aromatic nitrogens is 2. The van der Waals surface area contributed by atoms with Crippen molar-refractivity contribution in [1.29, 1.82) is 0 Å². The Hall–Kier alpha value is -2.08. The molecule has 1 fully saturated rings. The molecule has 4 rings (SSSR count). The third kappa shape index (κ3) is 3.30. The van der Waals surface area contributed by atoms with E-state index in [1.165, 1.54) is 0 Å². The predicted molar refractivity (Wildman–Crippen MR) is 104 cm³/mol. The molecule has 1 atom stereocenters. The van der Waals surface area contributed by atoms with Crippen molar-refractivity contribution >= 4 is 29.6 Å². The Balaban J connectivity index is 1.91. The molecule has 1 aliphatic heterocycles. The Morgan fingerprint density at radius 2 is 2.08 bits per heavy atom. The van der Waals surface area contributed by atoms with Crippen LogP contribution in [-0.2, 0) is 4.74 Å². The number of hydrogen-bond acceptors (Lipinski definition) is 4. The second-order valence-corrected chi connectivity index (χ2v) is 6.93. The lowest BCUT2D eigenvalue weighted by Gasteiger charge is -2.34. The second kappa shape index (κ2) is 7.66. The van der Waals surface area contributed by atoms with Crippen LogP contribution in [0.5, 0.6) is 0 Å². The molecule has 1 N–H and O–H groups in total. The molecule has 0 unspecified atom stereocenters. The number of ether oxygens (including phenoxy) is 1. The number of hydrogen-bond donors (Lipinski definition) is 1. The average Bonchev–Trinajstić information content (AvgIpc) is 2.99. The van der Waals surface area contributed by atoms with E-state index in [4.69, 9.17) is 21.4 Å². The molecule has 1 aromatic heterocycles. The van der Waals surface area contributed by atoms with Crippen molar-refractivity contribution in [2.24, 2.45) is 0 Å². The molecule has 0 saturated carbocycles. The minimum Gasteiger partial charge on any atom is -0.394 e. The molecule has 1 aromatic carbocycles. The summed E-state index contributed by atoms with van der Waals surface area (Å²) in [6.45, 7) is 1.91. The molecule has 1 saturated heterocycles. The van der Waals surface area contributed by atoms with E-state index in [0.717, 1.165) is 34.9 Å². The van der Waals surface area contributed by atoms with Gasteiger partial charge in [0.2, 0.25) is 0 Å². The number of anilines is 1. The van der Waals surface area contributed by atoms with Gasteiger partial charge in [0.1, 0.15) is 0 Å². The van der Waals surface area contributed by atoms with E-state index in [1.54, 1.807) is 0 Å². The summed E-state index contributed by atoms with van der Waals surface area (Å²) in [5.74, 6) is 0.889. The number of morpholine rings is 1. The molecule has 6 heteroatoms. The molecular formula is C20H22ClN3O2. The molecular weight excluding hydrogens is 350 g/mol. The summed E-state index contributed by atoms with van der Waals surface area (Å²) in [5.41, 5.74) is 0.972. The first-order valence-corrected chi connectivity index (χ1v) is 9.33. The predicted octanol–water partition coefficient (Wildman–Crippen LogP) is 1.63. The van der Waals surface area contributed by atoms with Crippen LogP contribution in [0.1, 0.15) is 12.8 Å². The van der Waals surface area contributed by atoms with Gasteiger partial charge in [0.15, 0.2) is 5.82 Å². The molecule has 0 spiro atoms. The minimum atomic E-state index is -0.0794. The zero-order valence-corrected chi connectivity index (χ0v) is 15.3. The third-order valence-corrected chi connectivity index (χ3v) is 5.04. The van der Waals surface area contributed by atoms with Crippen molar-refractivity contribution in [2.45, 2.75) is 18.9 Å². The van der Waals surface area contributed by atoms with Crippen LogP contribution in [0.25, 0.3) is 17.8 Å². The van der Waals surface area contributed by atoms with Crippen molar-refractivity contribution in [1.82, 2.24) is 9.78 Å². The largest absolute Gasteiger partial charge is 0.394 e. The number of rotatable bonds is 3. The Morgan fingerprint density at radius 1 is 1.23 bits per heavy atom. The summed E-state index contributed by atoms with van der Waals surface area (Å²) in [5, 5.41) is 17.6. The van der Waals surface area contributed by atoms with E-state index in [-0.39, 0.29) is 12.6 Å². The first kappa shape index (κ1) is 17.3. The molecule has 0 bridgehead atoms. The number of aliphatic hydroxyl groups excluding tert-OH is 1. The molecule has 0 amide bonds. The van der Waals surface area contributed by atoms with Crippen LogP contribution in [0.3, 0.4) is 0 Å². The standard InChI is InChI=1S/C20H22ClN3O2/c21-15-7-9-16(10-8-15)24-19-6-4-2-1-3-5-18(19)20(22-24)23-11-12-26-14-17(23)13-25/h1,3,5-10,17,25H,2,4,11-14H2/b3-1-,18-5+,19-6+/t17-/m1/s1. The molecule has 0 radical (unpaired) electrons.